The van der Waals surface area contributed by atoms with Crippen molar-refractivity contribution in [1.29, 1.82) is 0 Å². The lowest BCUT2D eigenvalue weighted by molar-refractivity contribution is 0.0983. The number of halogens is 4. The van der Waals surface area contributed by atoms with Crippen molar-refractivity contribution in [3.8, 4) is 11.1 Å². The molecule has 3 aromatic rings. The van der Waals surface area contributed by atoms with Gasteiger partial charge in [-0.3, -0.25) is 4.79 Å². The van der Waals surface area contributed by atoms with Gasteiger partial charge in [-0.2, -0.15) is 0 Å². The molecule has 0 unspecified atom stereocenters. The number of carbonyl (C=O) groups is 1. The standard InChI is InChI=1S/C21H17ClF3N5O/c1-29(21(31)19-27-9-12(22)10-28-19)18-15(16-8-13(23)2-3-17(16)25)4-6-26-20(18)30-7-5-14(24)11-30/h2-4,6,8-10,14H,5,7,11H2,1H3/t14-/m0/s1. The Hall–Kier alpha value is -3.20. The van der Waals surface area contributed by atoms with E-state index in [9.17, 15) is 18.0 Å². The first-order chi connectivity index (χ1) is 14.8. The van der Waals surface area contributed by atoms with Crippen LogP contribution in [0, 0.1) is 11.6 Å². The monoisotopic (exact) mass is 447 g/mol. The molecule has 1 amide bonds. The van der Waals surface area contributed by atoms with Crippen LogP contribution < -0.4 is 9.80 Å². The van der Waals surface area contributed by atoms with Crippen LogP contribution in [0.1, 0.15) is 17.0 Å². The topological polar surface area (TPSA) is 62.2 Å². The Labute approximate surface area is 181 Å². The summed E-state index contributed by atoms with van der Waals surface area (Å²) in [7, 11) is 1.45. The first-order valence-electron chi connectivity index (χ1n) is 9.44. The van der Waals surface area contributed by atoms with Crippen LogP contribution in [-0.4, -0.2) is 47.2 Å². The summed E-state index contributed by atoms with van der Waals surface area (Å²) in [6.45, 7) is 0.449. The van der Waals surface area contributed by atoms with E-state index in [1.165, 1.54) is 36.6 Å². The Morgan fingerprint density at radius 2 is 1.90 bits per heavy atom. The number of aromatic nitrogens is 3. The Morgan fingerprint density at radius 3 is 2.58 bits per heavy atom. The third-order valence-electron chi connectivity index (χ3n) is 5.01. The summed E-state index contributed by atoms with van der Waals surface area (Å²) in [4.78, 5) is 28.2. The first-order valence-corrected chi connectivity index (χ1v) is 9.82. The normalized spacial score (nSPS) is 15.9. The van der Waals surface area contributed by atoms with E-state index in [2.05, 4.69) is 15.0 Å². The number of carbonyl (C=O) groups excluding carboxylic acids is 1. The molecule has 31 heavy (non-hydrogen) atoms. The number of rotatable bonds is 4. The molecule has 0 N–H and O–H groups in total. The Bertz CT molecular complexity index is 1130. The molecule has 10 heteroatoms. The van der Waals surface area contributed by atoms with Crippen LogP contribution in [0.15, 0.2) is 42.9 Å². The maximum Gasteiger partial charge on any atom is 0.295 e. The van der Waals surface area contributed by atoms with Crippen LogP contribution in [0.2, 0.25) is 5.02 Å². The van der Waals surface area contributed by atoms with Crippen molar-refractivity contribution >= 4 is 29.0 Å². The van der Waals surface area contributed by atoms with Crippen molar-refractivity contribution in [2.24, 2.45) is 0 Å². The first kappa shape index (κ1) is 21.0. The van der Waals surface area contributed by atoms with Gasteiger partial charge in [0.25, 0.3) is 5.91 Å². The molecule has 0 bridgehead atoms. The fourth-order valence-corrected chi connectivity index (χ4v) is 3.61. The number of amides is 1. The number of anilines is 2. The van der Waals surface area contributed by atoms with Gasteiger partial charge in [-0.05, 0) is 30.7 Å². The van der Waals surface area contributed by atoms with E-state index in [0.29, 0.717) is 13.0 Å². The molecule has 1 saturated heterocycles. The second-order valence-corrected chi connectivity index (χ2v) is 7.51. The Balaban J connectivity index is 1.87. The summed E-state index contributed by atoms with van der Waals surface area (Å²) < 4.78 is 42.5. The number of pyridine rings is 1. The third kappa shape index (κ3) is 4.18. The molecule has 0 spiro atoms. The van der Waals surface area contributed by atoms with Gasteiger partial charge in [0.1, 0.15) is 17.8 Å². The van der Waals surface area contributed by atoms with E-state index in [0.717, 1.165) is 18.2 Å². The van der Waals surface area contributed by atoms with Crippen molar-refractivity contribution in [3.63, 3.8) is 0 Å². The fourth-order valence-electron chi connectivity index (χ4n) is 3.51. The van der Waals surface area contributed by atoms with E-state index in [4.69, 9.17) is 11.6 Å². The molecule has 1 fully saturated rings. The van der Waals surface area contributed by atoms with Crippen LogP contribution in [0.4, 0.5) is 24.7 Å². The lowest BCUT2D eigenvalue weighted by Crippen LogP contribution is -2.32. The minimum Gasteiger partial charge on any atom is -0.352 e. The predicted octanol–water partition coefficient (Wildman–Crippen LogP) is 4.30. The van der Waals surface area contributed by atoms with E-state index in [1.807, 2.05) is 0 Å². The number of benzene rings is 1. The zero-order valence-corrected chi connectivity index (χ0v) is 17.2. The highest BCUT2D eigenvalue weighted by Crippen LogP contribution is 2.40. The van der Waals surface area contributed by atoms with Gasteiger partial charge in [-0.1, -0.05) is 11.6 Å². The van der Waals surface area contributed by atoms with Gasteiger partial charge in [0.2, 0.25) is 5.82 Å². The molecule has 2 aromatic heterocycles. The molecule has 1 aliphatic rings. The van der Waals surface area contributed by atoms with E-state index < -0.39 is 23.7 Å². The van der Waals surface area contributed by atoms with Crippen LogP contribution >= 0.6 is 11.6 Å². The van der Waals surface area contributed by atoms with Gasteiger partial charge < -0.3 is 9.80 Å². The Kier molecular flexibility index (Phi) is 5.77. The molecule has 3 heterocycles. The maximum atomic E-state index is 14.6. The molecule has 1 aliphatic heterocycles. The molecule has 1 atom stereocenters. The lowest BCUT2D eigenvalue weighted by Gasteiger charge is -2.27. The van der Waals surface area contributed by atoms with E-state index >= 15 is 0 Å². The van der Waals surface area contributed by atoms with E-state index in [1.54, 1.807) is 4.90 Å². The summed E-state index contributed by atoms with van der Waals surface area (Å²) in [5.74, 6) is -1.78. The minimum atomic E-state index is -1.05. The van der Waals surface area contributed by atoms with Crippen LogP contribution in [0.5, 0.6) is 0 Å². The zero-order valence-electron chi connectivity index (χ0n) is 16.4. The van der Waals surface area contributed by atoms with Gasteiger partial charge in [-0.25, -0.2) is 28.1 Å². The molecule has 0 radical (unpaired) electrons. The second-order valence-electron chi connectivity index (χ2n) is 7.08. The average molecular weight is 448 g/mol. The highest BCUT2D eigenvalue weighted by Gasteiger charge is 2.30. The molecule has 160 valence electrons. The SMILES string of the molecule is CN(C(=O)c1ncc(Cl)cn1)c1c(-c2cc(F)ccc2F)ccnc1N1CC[C@H](F)C1. The lowest BCUT2D eigenvalue weighted by atomic mass is 10.0. The minimum absolute atomic E-state index is 0.0497. The van der Waals surface area contributed by atoms with Gasteiger partial charge in [0.15, 0.2) is 5.82 Å². The van der Waals surface area contributed by atoms with Crippen molar-refractivity contribution in [3.05, 3.63) is 65.3 Å². The van der Waals surface area contributed by atoms with Crippen LogP contribution in [-0.2, 0) is 0 Å². The second kappa shape index (κ2) is 8.50. The molecular formula is C21H17ClF3N5O. The van der Waals surface area contributed by atoms with Gasteiger partial charge in [0, 0.05) is 43.3 Å². The number of alkyl halides is 1. The molecule has 6 nitrogen and oxygen atoms in total. The molecule has 1 aromatic carbocycles. The number of hydrogen-bond donors (Lipinski definition) is 0. The van der Waals surface area contributed by atoms with Crippen molar-refractivity contribution in [1.82, 2.24) is 15.0 Å². The van der Waals surface area contributed by atoms with Crippen molar-refractivity contribution < 1.29 is 18.0 Å². The van der Waals surface area contributed by atoms with Gasteiger partial charge in [-0.15, -0.1) is 0 Å². The molecule has 4 rings (SSSR count). The van der Waals surface area contributed by atoms with Crippen molar-refractivity contribution in [2.75, 3.05) is 29.9 Å². The smallest absolute Gasteiger partial charge is 0.295 e. The third-order valence-corrected chi connectivity index (χ3v) is 5.20. The number of nitrogens with zero attached hydrogens (tertiary/aromatic N) is 5. The summed E-state index contributed by atoms with van der Waals surface area (Å²) in [6, 6.07) is 4.53. The quantitative estimate of drug-likeness (QED) is 0.597. The summed E-state index contributed by atoms with van der Waals surface area (Å²) >= 11 is 5.80. The summed E-state index contributed by atoms with van der Waals surface area (Å²) in [5.41, 5.74) is 0.380. The van der Waals surface area contributed by atoms with Crippen molar-refractivity contribution in [2.45, 2.75) is 12.6 Å². The summed E-state index contributed by atoms with van der Waals surface area (Å²) in [5, 5.41) is 0.259. The highest BCUT2D eigenvalue weighted by molar-refractivity contribution is 6.30. The average Bonchev–Trinajstić information content (AvgIpc) is 3.20. The van der Waals surface area contributed by atoms with Crippen LogP contribution in [0.3, 0.4) is 0 Å². The molecule has 0 aliphatic carbocycles. The van der Waals surface area contributed by atoms with Crippen LogP contribution in [0.25, 0.3) is 11.1 Å². The zero-order chi connectivity index (χ0) is 22.1. The predicted molar refractivity (Wildman–Crippen MR) is 111 cm³/mol. The van der Waals surface area contributed by atoms with Gasteiger partial charge in [0.05, 0.1) is 17.3 Å². The Morgan fingerprint density at radius 1 is 1.16 bits per heavy atom. The largest absolute Gasteiger partial charge is 0.352 e. The molecule has 0 saturated carbocycles. The maximum absolute atomic E-state index is 14.6. The summed E-state index contributed by atoms with van der Waals surface area (Å²) in [6.07, 6.45) is 3.23. The number of hydrogen-bond acceptors (Lipinski definition) is 5. The van der Waals surface area contributed by atoms with E-state index in [-0.39, 0.29) is 40.0 Å². The highest BCUT2D eigenvalue weighted by atomic mass is 35.5. The van der Waals surface area contributed by atoms with Gasteiger partial charge >= 0.3 is 0 Å². The molecular weight excluding hydrogens is 431 g/mol. The fraction of sp³-hybridized carbons (Fsp3) is 0.238.